The Balaban J connectivity index is 2.36. The highest BCUT2D eigenvalue weighted by atomic mass is 79.9. The quantitative estimate of drug-likeness (QED) is 0.941. The molecule has 4 heteroatoms. The number of nitrogens with two attached hydrogens (primary N) is 1. The minimum atomic E-state index is -0.317. The SMILES string of the molecule is COc1ccccc1C(N)c1ccc(Br)o1. The lowest BCUT2D eigenvalue weighted by Gasteiger charge is -2.13. The van der Waals surface area contributed by atoms with Crippen molar-refractivity contribution in [3.05, 3.63) is 52.4 Å². The van der Waals surface area contributed by atoms with Crippen LogP contribution in [0.1, 0.15) is 17.4 Å². The molecule has 0 fully saturated rings. The van der Waals surface area contributed by atoms with E-state index in [0.29, 0.717) is 10.4 Å². The van der Waals surface area contributed by atoms with Crippen molar-refractivity contribution in [3.8, 4) is 5.75 Å². The summed E-state index contributed by atoms with van der Waals surface area (Å²) in [7, 11) is 1.63. The summed E-state index contributed by atoms with van der Waals surface area (Å²) in [5.74, 6) is 1.47. The van der Waals surface area contributed by atoms with Crippen LogP contribution in [0.4, 0.5) is 0 Å². The Morgan fingerprint density at radius 2 is 2.00 bits per heavy atom. The van der Waals surface area contributed by atoms with E-state index < -0.39 is 0 Å². The maximum absolute atomic E-state index is 6.11. The third-order valence-electron chi connectivity index (χ3n) is 2.37. The maximum Gasteiger partial charge on any atom is 0.169 e. The Morgan fingerprint density at radius 3 is 2.62 bits per heavy atom. The van der Waals surface area contributed by atoms with Crippen LogP contribution in [-0.4, -0.2) is 7.11 Å². The minimum absolute atomic E-state index is 0.317. The first-order chi connectivity index (χ1) is 7.72. The highest BCUT2D eigenvalue weighted by Gasteiger charge is 2.16. The van der Waals surface area contributed by atoms with Crippen LogP contribution in [-0.2, 0) is 0 Å². The van der Waals surface area contributed by atoms with E-state index >= 15 is 0 Å². The van der Waals surface area contributed by atoms with E-state index in [9.17, 15) is 0 Å². The molecule has 1 heterocycles. The van der Waals surface area contributed by atoms with Gasteiger partial charge in [0.1, 0.15) is 11.5 Å². The number of hydrogen-bond acceptors (Lipinski definition) is 3. The topological polar surface area (TPSA) is 48.4 Å². The molecular weight excluding hydrogens is 270 g/mol. The monoisotopic (exact) mass is 281 g/mol. The largest absolute Gasteiger partial charge is 0.496 e. The normalized spacial score (nSPS) is 12.4. The van der Waals surface area contributed by atoms with Gasteiger partial charge in [-0.1, -0.05) is 18.2 Å². The number of hydrogen-bond donors (Lipinski definition) is 1. The smallest absolute Gasteiger partial charge is 0.169 e. The van der Waals surface area contributed by atoms with Crippen LogP contribution < -0.4 is 10.5 Å². The van der Waals surface area contributed by atoms with E-state index in [4.69, 9.17) is 14.9 Å². The van der Waals surface area contributed by atoms with Gasteiger partial charge >= 0.3 is 0 Å². The van der Waals surface area contributed by atoms with Crippen molar-refractivity contribution in [2.45, 2.75) is 6.04 Å². The summed E-state index contributed by atoms with van der Waals surface area (Å²) in [5, 5.41) is 0. The van der Waals surface area contributed by atoms with Gasteiger partial charge < -0.3 is 14.9 Å². The Labute approximate surface area is 102 Å². The van der Waals surface area contributed by atoms with Gasteiger partial charge in [-0.25, -0.2) is 0 Å². The first kappa shape index (κ1) is 11.2. The summed E-state index contributed by atoms with van der Waals surface area (Å²) in [6, 6.07) is 11.0. The van der Waals surface area contributed by atoms with Crippen molar-refractivity contribution in [3.63, 3.8) is 0 Å². The molecule has 2 N–H and O–H groups in total. The molecule has 0 spiro atoms. The Hall–Kier alpha value is -1.26. The van der Waals surface area contributed by atoms with E-state index in [1.165, 1.54) is 0 Å². The van der Waals surface area contributed by atoms with Gasteiger partial charge in [-0.3, -0.25) is 0 Å². The Morgan fingerprint density at radius 1 is 1.25 bits per heavy atom. The van der Waals surface area contributed by atoms with Crippen molar-refractivity contribution in [2.24, 2.45) is 5.73 Å². The van der Waals surface area contributed by atoms with Crippen molar-refractivity contribution in [1.82, 2.24) is 0 Å². The lowest BCUT2D eigenvalue weighted by atomic mass is 10.0. The van der Waals surface area contributed by atoms with Gasteiger partial charge in [0.15, 0.2) is 4.67 Å². The fourth-order valence-electron chi connectivity index (χ4n) is 1.57. The zero-order valence-corrected chi connectivity index (χ0v) is 10.4. The zero-order valence-electron chi connectivity index (χ0n) is 8.81. The van der Waals surface area contributed by atoms with Crippen LogP contribution in [0, 0.1) is 0 Å². The molecule has 1 aromatic heterocycles. The second kappa shape index (κ2) is 4.72. The minimum Gasteiger partial charge on any atom is -0.496 e. The van der Waals surface area contributed by atoms with Gasteiger partial charge in [-0.05, 0) is 34.1 Å². The highest BCUT2D eigenvalue weighted by Crippen LogP contribution is 2.29. The number of methoxy groups -OCH3 is 1. The van der Waals surface area contributed by atoms with Crippen LogP contribution in [0.3, 0.4) is 0 Å². The van der Waals surface area contributed by atoms with Crippen molar-refractivity contribution in [2.75, 3.05) is 7.11 Å². The number of halogens is 1. The lowest BCUT2D eigenvalue weighted by Crippen LogP contribution is -2.12. The summed E-state index contributed by atoms with van der Waals surface area (Å²) < 4.78 is 11.4. The number of ether oxygens (including phenoxy) is 1. The molecule has 0 amide bonds. The average Bonchev–Trinajstić information content (AvgIpc) is 2.75. The van der Waals surface area contributed by atoms with Crippen LogP contribution in [0.2, 0.25) is 0 Å². The second-order valence-electron chi connectivity index (χ2n) is 3.36. The molecular formula is C12H12BrNO2. The molecule has 0 saturated carbocycles. The Bertz CT molecular complexity index is 481. The molecule has 0 bridgehead atoms. The molecule has 0 aliphatic heterocycles. The summed E-state index contributed by atoms with van der Waals surface area (Å²) >= 11 is 3.26. The van der Waals surface area contributed by atoms with E-state index in [2.05, 4.69) is 15.9 Å². The molecule has 2 rings (SSSR count). The molecule has 0 radical (unpaired) electrons. The second-order valence-corrected chi connectivity index (χ2v) is 4.14. The number of para-hydroxylation sites is 1. The molecule has 0 aliphatic carbocycles. The number of benzene rings is 1. The standard InChI is InChI=1S/C12H12BrNO2/c1-15-9-5-3-2-4-8(9)12(14)10-6-7-11(13)16-10/h2-7,12H,14H2,1H3. The summed E-state index contributed by atoms with van der Waals surface area (Å²) in [6.45, 7) is 0. The van der Waals surface area contributed by atoms with Crippen molar-refractivity contribution >= 4 is 15.9 Å². The van der Waals surface area contributed by atoms with Crippen LogP contribution in [0.5, 0.6) is 5.75 Å². The van der Waals surface area contributed by atoms with Crippen LogP contribution in [0.25, 0.3) is 0 Å². The molecule has 84 valence electrons. The van der Waals surface area contributed by atoms with Crippen LogP contribution in [0.15, 0.2) is 45.5 Å². The molecule has 0 saturated heterocycles. The van der Waals surface area contributed by atoms with E-state index in [-0.39, 0.29) is 6.04 Å². The van der Waals surface area contributed by atoms with Gasteiger partial charge in [0.25, 0.3) is 0 Å². The molecule has 1 unspecified atom stereocenters. The van der Waals surface area contributed by atoms with Crippen LogP contribution >= 0.6 is 15.9 Å². The molecule has 3 nitrogen and oxygen atoms in total. The van der Waals surface area contributed by atoms with Gasteiger partial charge in [0.2, 0.25) is 0 Å². The Kier molecular flexibility index (Phi) is 3.31. The molecule has 2 aromatic rings. The summed E-state index contributed by atoms with van der Waals surface area (Å²) in [5.41, 5.74) is 7.02. The number of rotatable bonds is 3. The maximum atomic E-state index is 6.11. The molecule has 1 aromatic carbocycles. The van der Waals surface area contributed by atoms with Gasteiger partial charge in [0.05, 0.1) is 13.2 Å². The first-order valence-corrected chi connectivity index (χ1v) is 5.65. The van der Waals surface area contributed by atoms with Gasteiger partial charge in [0, 0.05) is 5.56 Å². The predicted octanol–water partition coefficient (Wildman–Crippen LogP) is 3.10. The molecule has 0 aliphatic rings. The third-order valence-corrected chi connectivity index (χ3v) is 2.80. The first-order valence-electron chi connectivity index (χ1n) is 4.86. The van der Waals surface area contributed by atoms with Gasteiger partial charge in [-0.2, -0.15) is 0 Å². The van der Waals surface area contributed by atoms with Crippen molar-refractivity contribution < 1.29 is 9.15 Å². The third kappa shape index (κ3) is 2.13. The molecule has 16 heavy (non-hydrogen) atoms. The average molecular weight is 282 g/mol. The van der Waals surface area contributed by atoms with E-state index in [1.807, 2.05) is 36.4 Å². The summed E-state index contributed by atoms with van der Waals surface area (Å²) in [4.78, 5) is 0. The zero-order chi connectivity index (χ0) is 11.5. The predicted molar refractivity (Wildman–Crippen MR) is 65.4 cm³/mol. The van der Waals surface area contributed by atoms with Gasteiger partial charge in [-0.15, -0.1) is 0 Å². The highest BCUT2D eigenvalue weighted by molar-refractivity contribution is 9.10. The fraction of sp³-hybridized carbons (Fsp3) is 0.167. The summed E-state index contributed by atoms with van der Waals surface area (Å²) in [6.07, 6.45) is 0. The number of furan rings is 1. The van der Waals surface area contributed by atoms with Crippen molar-refractivity contribution in [1.29, 1.82) is 0 Å². The fourth-order valence-corrected chi connectivity index (χ4v) is 1.89. The van der Waals surface area contributed by atoms with E-state index in [0.717, 1.165) is 11.3 Å². The molecule has 1 atom stereocenters. The van der Waals surface area contributed by atoms with E-state index in [1.54, 1.807) is 7.11 Å². The lowest BCUT2D eigenvalue weighted by molar-refractivity contribution is 0.401.